The van der Waals surface area contributed by atoms with Crippen LogP contribution in [-0.4, -0.2) is 84.2 Å². The van der Waals surface area contributed by atoms with Crippen LogP contribution in [0.4, 0.5) is 0 Å². The average Bonchev–Trinajstić information content (AvgIpc) is 2.97. The number of carbonyl (C=O) groups excluding carboxylic acids is 2. The molecule has 228 valence electrons. The molecule has 1 aliphatic carbocycles. The number of halogens is 1. The van der Waals surface area contributed by atoms with E-state index in [0.717, 1.165) is 11.1 Å². The van der Waals surface area contributed by atoms with Crippen molar-refractivity contribution in [1.29, 1.82) is 0 Å². The first-order valence-electron chi connectivity index (χ1n) is 13.6. The number of hydrogen-bond donors (Lipinski definition) is 4. The number of nitrogens with zero attached hydrogens (tertiary/aromatic N) is 1. The van der Waals surface area contributed by atoms with Crippen LogP contribution in [0.5, 0.6) is 17.2 Å². The molecule has 4 N–H and O–H groups in total. The number of hydrogen-bond acceptors (Lipinski definition) is 8. The van der Waals surface area contributed by atoms with Crippen molar-refractivity contribution in [3.63, 3.8) is 0 Å². The van der Waals surface area contributed by atoms with E-state index in [1.165, 1.54) is 13.2 Å². The molecular formula is C31H39IN2O8. The van der Waals surface area contributed by atoms with E-state index in [2.05, 4.69) is 27.9 Å². The highest BCUT2D eigenvalue weighted by Crippen LogP contribution is 2.37. The molecule has 0 radical (unpaired) electrons. The van der Waals surface area contributed by atoms with Crippen molar-refractivity contribution >= 4 is 34.4 Å². The molecule has 3 atom stereocenters. The SMILES string of the molecule is COc1cccc(CCN(C(=O)C=C(C)C)[C@@H]2CC(C(=O)NCCO)=C[C@H](Oc3c(I)cc(CO)cc3OC)[C@H]2O)c1. The number of nitrogens with one attached hydrogen (secondary N) is 1. The van der Waals surface area contributed by atoms with Crippen LogP contribution in [0.25, 0.3) is 0 Å². The van der Waals surface area contributed by atoms with Crippen molar-refractivity contribution in [1.82, 2.24) is 10.2 Å². The first-order chi connectivity index (χ1) is 20.1. The lowest BCUT2D eigenvalue weighted by Gasteiger charge is -2.40. The van der Waals surface area contributed by atoms with Crippen LogP contribution < -0.4 is 19.5 Å². The van der Waals surface area contributed by atoms with E-state index < -0.39 is 24.2 Å². The van der Waals surface area contributed by atoms with Crippen LogP contribution in [0.3, 0.4) is 0 Å². The van der Waals surface area contributed by atoms with Gasteiger partial charge in [0.25, 0.3) is 0 Å². The lowest BCUT2D eigenvalue weighted by atomic mass is 9.87. The topological polar surface area (TPSA) is 138 Å². The van der Waals surface area contributed by atoms with Gasteiger partial charge in [0.2, 0.25) is 11.8 Å². The van der Waals surface area contributed by atoms with Crippen LogP contribution in [0.1, 0.15) is 31.4 Å². The van der Waals surface area contributed by atoms with Gasteiger partial charge >= 0.3 is 0 Å². The monoisotopic (exact) mass is 694 g/mol. The molecule has 0 heterocycles. The molecule has 0 aromatic heterocycles. The average molecular weight is 695 g/mol. The second-order valence-corrected chi connectivity index (χ2v) is 11.3. The Bertz CT molecular complexity index is 1310. The number of ether oxygens (including phenoxy) is 3. The van der Waals surface area contributed by atoms with E-state index in [9.17, 15) is 24.9 Å². The minimum Gasteiger partial charge on any atom is -0.497 e. The zero-order chi connectivity index (χ0) is 30.8. The minimum absolute atomic E-state index is 0.0551. The molecule has 0 bridgehead atoms. The van der Waals surface area contributed by atoms with Gasteiger partial charge in [0.05, 0.1) is 37.0 Å². The zero-order valence-electron chi connectivity index (χ0n) is 24.3. The van der Waals surface area contributed by atoms with Crippen LogP contribution >= 0.6 is 22.6 Å². The van der Waals surface area contributed by atoms with Crippen LogP contribution in [0, 0.1) is 3.57 Å². The molecule has 0 fully saturated rings. The Morgan fingerprint density at radius 3 is 2.52 bits per heavy atom. The van der Waals surface area contributed by atoms with Crippen molar-refractivity contribution in [3.8, 4) is 17.2 Å². The van der Waals surface area contributed by atoms with E-state index in [1.54, 1.807) is 30.2 Å². The molecule has 2 amide bonds. The lowest BCUT2D eigenvalue weighted by Crippen LogP contribution is -2.55. The number of rotatable bonds is 13. The fourth-order valence-electron chi connectivity index (χ4n) is 4.74. The van der Waals surface area contributed by atoms with Gasteiger partial charge in [-0.2, -0.15) is 0 Å². The maximum Gasteiger partial charge on any atom is 0.247 e. The highest BCUT2D eigenvalue weighted by Gasteiger charge is 2.40. The standard InChI is InChI=1S/C31H39IN2O8/c1-19(2)12-28(37)34(10-8-20-6-5-7-23(13-20)40-3)25-16-22(31(39)33-9-11-35)17-26(29(25)38)42-30-24(32)14-21(18-36)15-27(30)41-4/h5-7,12-15,17,25-26,29,35-36,38H,8-11,16,18H2,1-4H3,(H,33,39)/t25-,26+,29+/m1/s1. The summed E-state index contributed by atoms with van der Waals surface area (Å²) in [5, 5.41) is 33.2. The third kappa shape index (κ3) is 8.69. The van der Waals surface area contributed by atoms with Crippen molar-refractivity contribution in [2.75, 3.05) is 33.9 Å². The molecule has 0 unspecified atom stereocenters. The Morgan fingerprint density at radius 1 is 1.12 bits per heavy atom. The highest BCUT2D eigenvalue weighted by molar-refractivity contribution is 14.1. The molecule has 2 aromatic carbocycles. The van der Waals surface area contributed by atoms with Gasteiger partial charge in [-0.1, -0.05) is 17.7 Å². The van der Waals surface area contributed by atoms with Crippen molar-refractivity contribution < 1.29 is 39.1 Å². The Balaban J connectivity index is 2.02. The summed E-state index contributed by atoms with van der Waals surface area (Å²) in [5.41, 5.74) is 2.69. The molecule has 11 heteroatoms. The number of aliphatic hydroxyl groups excluding tert-OH is 3. The fraction of sp³-hybridized carbons (Fsp3) is 0.419. The van der Waals surface area contributed by atoms with Crippen LogP contribution in [-0.2, 0) is 22.6 Å². The quantitative estimate of drug-likeness (QED) is 0.186. The predicted molar refractivity (Wildman–Crippen MR) is 166 cm³/mol. The van der Waals surface area contributed by atoms with Gasteiger partial charge in [-0.05, 0) is 84.3 Å². The van der Waals surface area contributed by atoms with Crippen molar-refractivity contribution in [2.24, 2.45) is 0 Å². The minimum atomic E-state index is -1.20. The smallest absolute Gasteiger partial charge is 0.247 e. The Kier molecular flexibility index (Phi) is 12.6. The van der Waals surface area contributed by atoms with Gasteiger partial charge in [-0.25, -0.2) is 0 Å². The first-order valence-corrected chi connectivity index (χ1v) is 14.7. The molecule has 2 aromatic rings. The van der Waals surface area contributed by atoms with Gasteiger partial charge in [0.15, 0.2) is 11.5 Å². The summed E-state index contributed by atoms with van der Waals surface area (Å²) in [7, 11) is 3.06. The highest BCUT2D eigenvalue weighted by atomic mass is 127. The van der Waals surface area contributed by atoms with Gasteiger partial charge in [0.1, 0.15) is 18.0 Å². The van der Waals surface area contributed by atoms with E-state index in [1.807, 2.05) is 38.1 Å². The summed E-state index contributed by atoms with van der Waals surface area (Å²) in [6, 6.07) is 10.1. The molecule has 1 aliphatic rings. The van der Waals surface area contributed by atoms with Crippen LogP contribution in [0.15, 0.2) is 59.7 Å². The third-order valence-electron chi connectivity index (χ3n) is 6.81. The molecule has 0 spiro atoms. The Hall–Kier alpha value is -3.13. The van der Waals surface area contributed by atoms with Gasteiger partial charge in [-0.3, -0.25) is 9.59 Å². The molecule has 10 nitrogen and oxygen atoms in total. The van der Waals surface area contributed by atoms with E-state index in [0.29, 0.717) is 38.4 Å². The number of carbonyl (C=O) groups is 2. The van der Waals surface area contributed by atoms with Crippen molar-refractivity contribution in [2.45, 2.75) is 51.5 Å². The number of aliphatic hydroxyl groups is 3. The summed E-state index contributed by atoms with van der Waals surface area (Å²) >= 11 is 2.06. The van der Waals surface area contributed by atoms with Crippen molar-refractivity contribution in [3.05, 3.63) is 74.4 Å². The molecule has 42 heavy (non-hydrogen) atoms. The molecule has 0 aliphatic heterocycles. The number of benzene rings is 2. The first kappa shape index (κ1) is 33.4. The Morgan fingerprint density at radius 2 is 1.88 bits per heavy atom. The molecule has 0 saturated carbocycles. The summed E-state index contributed by atoms with van der Waals surface area (Å²) in [6.45, 7) is 3.54. The summed E-state index contributed by atoms with van der Waals surface area (Å²) in [6.07, 6.45) is 1.42. The zero-order valence-corrected chi connectivity index (χ0v) is 26.5. The van der Waals surface area contributed by atoms with Gasteiger partial charge < -0.3 is 39.7 Å². The Labute approximate surface area is 260 Å². The van der Waals surface area contributed by atoms with Gasteiger partial charge in [-0.15, -0.1) is 0 Å². The summed E-state index contributed by atoms with van der Waals surface area (Å²) < 4.78 is 17.8. The fourth-order valence-corrected chi connectivity index (χ4v) is 5.53. The van der Waals surface area contributed by atoms with Gasteiger partial charge in [0, 0.05) is 31.2 Å². The maximum absolute atomic E-state index is 13.6. The molecule has 0 saturated heterocycles. The molecular weight excluding hydrogens is 655 g/mol. The predicted octanol–water partition coefficient (Wildman–Crippen LogP) is 2.75. The normalized spacial score (nSPS) is 18.0. The van der Waals surface area contributed by atoms with E-state index >= 15 is 0 Å². The number of methoxy groups -OCH3 is 2. The van der Waals surface area contributed by atoms with E-state index in [4.69, 9.17) is 14.2 Å². The summed E-state index contributed by atoms with van der Waals surface area (Å²) in [4.78, 5) is 28.2. The lowest BCUT2D eigenvalue weighted by molar-refractivity contribution is -0.133. The maximum atomic E-state index is 13.6. The number of allylic oxidation sites excluding steroid dienone is 1. The second kappa shape index (κ2) is 15.9. The molecule has 3 rings (SSSR count). The summed E-state index contributed by atoms with van der Waals surface area (Å²) in [5.74, 6) is 0.675. The second-order valence-electron chi connectivity index (χ2n) is 10.1. The third-order valence-corrected chi connectivity index (χ3v) is 7.61. The van der Waals surface area contributed by atoms with E-state index in [-0.39, 0.29) is 38.6 Å². The number of amides is 2. The largest absolute Gasteiger partial charge is 0.497 e. The van der Waals surface area contributed by atoms with Crippen LogP contribution in [0.2, 0.25) is 0 Å².